The molecule has 98 valence electrons. The summed E-state index contributed by atoms with van der Waals surface area (Å²) < 4.78 is 18.3. The molecule has 0 spiro atoms. The maximum Gasteiger partial charge on any atom is 0.411 e. The fraction of sp³-hybridized carbons (Fsp3) is 0.462. The number of anilines is 1. The van der Waals surface area contributed by atoms with E-state index in [1.165, 1.54) is 12.1 Å². The van der Waals surface area contributed by atoms with Crippen molar-refractivity contribution >= 4 is 11.8 Å². The van der Waals surface area contributed by atoms with Crippen molar-refractivity contribution in [3.8, 4) is 0 Å². The summed E-state index contributed by atoms with van der Waals surface area (Å²) in [7, 11) is 0. The average Bonchev–Trinajstić information content (AvgIpc) is 2.40. The molecule has 1 heterocycles. The highest BCUT2D eigenvalue weighted by Gasteiger charge is 2.15. The maximum absolute atomic E-state index is 13.3. The third kappa shape index (κ3) is 3.70. The number of hydrogen-bond acceptors (Lipinski definition) is 3. The van der Waals surface area contributed by atoms with Crippen LogP contribution in [0.2, 0.25) is 0 Å². The Morgan fingerprint density at radius 1 is 1.50 bits per heavy atom. The predicted octanol–water partition coefficient (Wildman–Crippen LogP) is 2.37. The van der Waals surface area contributed by atoms with Crippen LogP contribution >= 0.6 is 0 Å². The summed E-state index contributed by atoms with van der Waals surface area (Å²) in [5.74, 6) is -0.112. The standard InChI is InChI=1S/C13H17FN2O2/c14-11-5-1-2-6-12(11)16-13(17)18-9-10-4-3-7-15-8-10/h1-2,5-6,10,15H,3-4,7-9H2,(H,16,17). The van der Waals surface area contributed by atoms with Gasteiger partial charge in [0, 0.05) is 12.5 Å². The highest BCUT2D eigenvalue weighted by atomic mass is 19.1. The monoisotopic (exact) mass is 252 g/mol. The van der Waals surface area contributed by atoms with Gasteiger partial charge in [0.1, 0.15) is 5.82 Å². The number of piperidine rings is 1. The Bertz CT molecular complexity index is 406. The Labute approximate surface area is 106 Å². The van der Waals surface area contributed by atoms with Crippen molar-refractivity contribution in [2.45, 2.75) is 12.8 Å². The van der Waals surface area contributed by atoms with E-state index in [0.717, 1.165) is 25.9 Å². The third-order valence-corrected chi connectivity index (χ3v) is 2.96. The van der Waals surface area contributed by atoms with E-state index in [1.807, 2.05) is 0 Å². The second-order valence-electron chi connectivity index (χ2n) is 4.42. The van der Waals surface area contributed by atoms with Gasteiger partial charge in [0.05, 0.1) is 12.3 Å². The number of carbonyl (C=O) groups is 1. The van der Waals surface area contributed by atoms with Crippen molar-refractivity contribution < 1.29 is 13.9 Å². The van der Waals surface area contributed by atoms with Gasteiger partial charge in [0.15, 0.2) is 0 Å². The Kier molecular flexibility index (Phi) is 4.52. The Morgan fingerprint density at radius 3 is 3.06 bits per heavy atom. The highest BCUT2D eigenvalue weighted by Crippen LogP contribution is 2.14. The van der Waals surface area contributed by atoms with Gasteiger partial charge in [-0.1, -0.05) is 12.1 Å². The molecule has 1 aliphatic heterocycles. The van der Waals surface area contributed by atoms with Crippen molar-refractivity contribution in [3.05, 3.63) is 30.1 Å². The van der Waals surface area contributed by atoms with Gasteiger partial charge in [-0.25, -0.2) is 9.18 Å². The molecular weight excluding hydrogens is 235 g/mol. The van der Waals surface area contributed by atoms with Gasteiger partial charge in [0.25, 0.3) is 0 Å². The first-order valence-corrected chi connectivity index (χ1v) is 6.15. The molecule has 1 aliphatic rings. The van der Waals surface area contributed by atoms with Crippen LogP contribution in [0.15, 0.2) is 24.3 Å². The summed E-state index contributed by atoms with van der Waals surface area (Å²) in [6.45, 7) is 2.26. The molecule has 1 aromatic carbocycles. The molecule has 0 aromatic heterocycles. The van der Waals surface area contributed by atoms with E-state index < -0.39 is 11.9 Å². The molecule has 2 rings (SSSR count). The smallest absolute Gasteiger partial charge is 0.411 e. The fourth-order valence-electron chi connectivity index (χ4n) is 1.97. The summed E-state index contributed by atoms with van der Waals surface area (Å²) in [6, 6.07) is 6.02. The fourth-order valence-corrected chi connectivity index (χ4v) is 1.97. The van der Waals surface area contributed by atoms with Crippen molar-refractivity contribution in [1.29, 1.82) is 0 Å². The zero-order valence-corrected chi connectivity index (χ0v) is 10.1. The van der Waals surface area contributed by atoms with Gasteiger partial charge >= 0.3 is 6.09 Å². The van der Waals surface area contributed by atoms with Crippen LogP contribution in [0, 0.1) is 11.7 Å². The molecule has 4 nitrogen and oxygen atoms in total. The van der Waals surface area contributed by atoms with Crippen LogP contribution in [0.3, 0.4) is 0 Å². The number of ether oxygens (including phenoxy) is 1. The topological polar surface area (TPSA) is 50.4 Å². The van der Waals surface area contributed by atoms with Crippen molar-refractivity contribution in [3.63, 3.8) is 0 Å². The van der Waals surface area contributed by atoms with Crippen LogP contribution in [-0.2, 0) is 4.74 Å². The summed E-state index contributed by atoms with van der Waals surface area (Å²) in [4.78, 5) is 11.5. The van der Waals surface area contributed by atoms with Gasteiger partial charge in [-0.15, -0.1) is 0 Å². The number of hydrogen-bond donors (Lipinski definition) is 2. The number of carbonyl (C=O) groups excluding carboxylic acids is 1. The van der Waals surface area contributed by atoms with Gasteiger partial charge in [0.2, 0.25) is 0 Å². The van der Waals surface area contributed by atoms with E-state index in [0.29, 0.717) is 12.5 Å². The summed E-state index contributed by atoms with van der Waals surface area (Å²) in [5, 5.41) is 5.64. The molecule has 5 heteroatoms. The molecule has 0 radical (unpaired) electrons. The lowest BCUT2D eigenvalue weighted by Crippen LogP contribution is -2.33. The van der Waals surface area contributed by atoms with E-state index in [1.54, 1.807) is 12.1 Å². The Hall–Kier alpha value is -1.62. The van der Waals surface area contributed by atoms with Crippen molar-refractivity contribution in [2.24, 2.45) is 5.92 Å². The number of benzene rings is 1. The molecule has 18 heavy (non-hydrogen) atoms. The first-order valence-electron chi connectivity index (χ1n) is 6.15. The molecule has 2 N–H and O–H groups in total. The van der Waals surface area contributed by atoms with E-state index >= 15 is 0 Å². The van der Waals surface area contributed by atoms with Gasteiger partial charge in [-0.2, -0.15) is 0 Å². The minimum absolute atomic E-state index is 0.143. The van der Waals surface area contributed by atoms with Crippen LogP contribution in [0.4, 0.5) is 14.9 Å². The van der Waals surface area contributed by atoms with Gasteiger partial charge in [-0.05, 0) is 31.5 Å². The lowest BCUT2D eigenvalue weighted by Gasteiger charge is -2.22. The molecule has 1 atom stereocenters. The molecule has 1 amide bonds. The predicted molar refractivity (Wildman–Crippen MR) is 67.0 cm³/mol. The minimum atomic E-state index is -0.606. The average molecular weight is 252 g/mol. The van der Waals surface area contributed by atoms with Crippen molar-refractivity contribution in [1.82, 2.24) is 5.32 Å². The molecule has 1 saturated heterocycles. The van der Waals surface area contributed by atoms with E-state index in [-0.39, 0.29) is 5.69 Å². The second-order valence-corrected chi connectivity index (χ2v) is 4.42. The minimum Gasteiger partial charge on any atom is -0.449 e. The maximum atomic E-state index is 13.3. The number of halogens is 1. The van der Waals surface area contributed by atoms with E-state index in [4.69, 9.17) is 4.74 Å². The van der Waals surface area contributed by atoms with Crippen LogP contribution in [0.1, 0.15) is 12.8 Å². The zero-order chi connectivity index (χ0) is 12.8. The highest BCUT2D eigenvalue weighted by molar-refractivity contribution is 5.84. The Morgan fingerprint density at radius 2 is 2.33 bits per heavy atom. The third-order valence-electron chi connectivity index (χ3n) is 2.96. The second kappa shape index (κ2) is 6.35. The van der Waals surface area contributed by atoms with Crippen LogP contribution in [0.25, 0.3) is 0 Å². The summed E-state index contributed by atoms with van der Waals surface area (Å²) >= 11 is 0. The SMILES string of the molecule is O=C(Nc1ccccc1F)OCC1CCCNC1. The normalized spacial score (nSPS) is 19.3. The largest absolute Gasteiger partial charge is 0.449 e. The van der Waals surface area contributed by atoms with E-state index in [2.05, 4.69) is 10.6 Å². The number of nitrogens with one attached hydrogen (secondary N) is 2. The number of para-hydroxylation sites is 1. The molecule has 0 bridgehead atoms. The lowest BCUT2D eigenvalue weighted by atomic mass is 10.0. The molecule has 0 aliphatic carbocycles. The van der Waals surface area contributed by atoms with Gasteiger partial charge < -0.3 is 10.1 Å². The van der Waals surface area contributed by atoms with Crippen LogP contribution < -0.4 is 10.6 Å². The summed E-state index contributed by atoms with van der Waals surface area (Å²) in [5.41, 5.74) is 0.143. The molecule has 1 unspecified atom stereocenters. The lowest BCUT2D eigenvalue weighted by molar-refractivity contribution is 0.132. The molecule has 1 aromatic rings. The molecule has 1 fully saturated rings. The number of rotatable bonds is 3. The summed E-state index contributed by atoms with van der Waals surface area (Å²) in [6.07, 6.45) is 1.55. The van der Waals surface area contributed by atoms with Crippen LogP contribution in [-0.4, -0.2) is 25.8 Å². The molecular formula is C13H17FN2O2. The van der Waals surface area contributed by atoms with Gasteiger partial charge in [-0.3, -0.25) is 5.32 Å². The molecule has 0 saturated carbocycles. The van der Waals surface area contributed by atoms with Crippen LogP contribution in [0.5, 0.6) is 0 Å². The first-order chi connectivity index (χ1) is 8.75. The quantitative estimate of drug-likeness (QED) is 0.868. The zero-order valence-electron chi connectivity index (χ0n) is 10.1. The number of amides is 1. The Balaban J connectivity index is 1.76. The first kappa shape index (κ1) is 12.8. The van der Waals surface area contributed by atoms with E-state index in [9.17, 15) is 9.18 Å². The van der Waals surface area contributed by atoms with Crippen molar-refractivity contribution in [2.75, 3.05) is 25.0 Å².